The van der Waals surface area contributed by atoms with Crippen molar-refractivity contribution in [2.75, 3.05) is 20.3 Å². The Bertz CT molecular complexity index is 1260. The number of benzene rings is 1. The van der Waals surface area contributed by atoms with Crippen LogP contribution in [0.5, 0.6) is 5.75 Å². The fraction of sp³-hybridized carbons (Fsp3) is 0.481. The van der Waals surface area contributed by atoms with Gasteiger partial charge in [0.05, 0.1) is 13.7 Å². The summed E-state index contributed by atoms with van der Waals surface area (Å²) in [5, 5.41) is 15.4. The van der Waals surface area contributed by atoms with Gasteiger partial charge in [-0.3, -0.25) is 14.4 Å². The van der Waals surface area contributed by atoms with Crippen molar-refractivity contribution >= 4 is 17.8 Å². The maximum absolute atomic E-state index is 13.7. The number of nitrogens with one attached hydrogen (secondary N) is 1. The lowest BCUT2D eigenvalue weighted by atomic mass is 9.95. The van der Waals surface area contributed by atoms with Crippen LogP contribution in [0, 0.1) is 6.92 Å². The molecular formula is C27H34N6O6. The van der Waals surface area contributed by atoms with Gasteiger partial charge in [-0.1, -0.05) is 19.3 Å². The average Bonchev–Trinajstić information content (AvgIpc) is 3.58. The van der Waals surface area contributed by atoms with Gasteiger partial charge in [0.15, 0.2) is 6.04 Å². The largest absolute Gasteiger partial charge is 0.497 e. The van der Waals surface area contributed by atoms with E-state index in [2.05, 4.69) is 20.7 Å². The number of amides is 2. The Morgan fingerprint density at radius 3 is 2.51 bits per heavy atom. The van der Waals surface area contributed by atoms with Crippen molar-refractivity contribution in [3.63, 3.8) is 0 Å². The molecule has 12 nitrogen and oxygen atoms in total. The minimum atomic E-state index is -1.18. The Kier molecular flexibility index (Phi) is 9.29. The number of ether oxygens (including phenoxy) is 2. The van der Waals surface area contributed by atoms with Gasteiger partial charge in [-0.05, 0) is 68.3 Å². The first-order chi connectivity index (χ1) is 18.9. The highest BCUT2D eigenvalue weighted by atomic mass is 16.5. The Balaban J connectivity index is 1.59. The number of hydrogen-bond acceptors (Lipinski definition) is 9. The van der Waals surface area contributed by atoms with E-state index in [4.69, 9.17) is 13.9 Å². The smallest absolute Gasteiger partial charge is 0.325 e. The van der Waals surface area contributed by atoms with E-state index in [1.165, 1.54) is 0 Å². The van der Waals surface area contributed by atoms with E-state index >= 15 is 0 Å². The molecule has 2 aromatic heterocycles. The molecule has 0 aliphatic heterocycles. The number of carbonyl (C=O) groups excluding carboxylic acids is 3. The first-order valence-corrected chi connectivity index (χ1v) is 13.1. The van der Waals surface area contributed by atoms with Crippen LogP contribution >= 0.6 is 0 Å². The molecule has 1 unspecified atom stereocenters. The normalized spacial score (nSPS) is 14.4. The summed E-state index contributed by atoms with van der Waals surface area (Å²) in [7, 11) is 1.57. The van der Waals surface area contributed by atoms with Gasteiger partial charge in [0.1, 0.15) is 30.4 Å². The number of nitrogens with zero attached hydrogens (tertiary/aromatic N) is 5. The van der Waals surface area contributed by atoms with Gasteiger partial charge in [0.25, 0.3) is 5.91 Å². The number of methoxy groups -OCH3 is 1. The molecule has 1 aliphatic carbocycles. The quantitative estimate of drug-likeness (QED) is 0.365. The highest BCUT2D eigenvalue weighted by molar-refractivity contribution is 5.90. The molecule has 1 N–H and O–H groups in total. The maximum atomic E-state index is 13.7. The van der Waals surface area contributed by atoms with Gasteiger partial charge in [0, 0.05) is 11.6 Å². The van der Waals surface area contributed by atoms with Crippen molar-refractivity contribution in [3.8, 4) is 17.1 Å². The molecule has 1 atom stereocenters. The number of furan rings is 1. The van der Waals surface area contributed by atoms with Crippen LogP contribution in [0.1, 0.15) is 56.6 Å². The van der Waals surface area contributed by atoms with Crippen LogP contribution in [0.25, 0.3) is 11.4 Å². The lowest BCUT2D eigenvalue weighted by molar-refractivity contribution is -0.153. The first-order valence-electron chi connectivity index (χ1n) is 13.1. The van der Waals surface area contributed by atoms with Gasteiger partial charge >= 0.3 is 5.97 Å². The molecule has 12 heteroatoms. The zero-order chi connectivity index (χ0) is 27.8. The zero-order valence-corrected chi connectivity index (χ0v) is 22.5. The van der Waals surface area contributed by atoms with Crippen molar-refractivity contribution in [3.05, 3.63) is 47.9 Å². The summed E-state index contributed by atoms with van der Waals surface area (Å²) < 4.78 is 16.1. The molecule has 0 spiro atoms. The predicted molar refractivity (Wildman–Crippen MR) is 139 cm³/mol. The molecular weight excluding hydrogens is 504 g/mol. The molecule has 3 aromatic rings. The fourth-order valence-electron chi connectivity index (χ4n) is 4.60. The van der Waals surface area contributed by atoms with Gasteiger partial charge in [-0.15, -0.1) is 10.2 Å². The average molecular weight is 539 g/mol. The highest BCUT2D eigenvalue weighted by Crippen LogP contribution is 2.26. The van der Waals surface area contributed by atoms with Crippen molar-refractivity contribution in [1.29, 1.82) is 0 Å². The Morgan fingerprint density at radius 1 is 1.13 bits per heavy atom. The summed E-state index contributed by atoms with van der Waals surface area (Å²) in [6, 6.07) is 9.26. The molecule has 1 aliphatic rings. The van der Waals surface area contributed by atoms with Crippen LogP contribution in [0.15, 0.2) is 40.8 Å². The minimum absolute atomic E-state index is 0.00612. The number of esters is 1. The lowest BCUT2D eigenvalue weighted by Crippen LogP contribution is -2.49. The third kappa shape index (κ3) is 7.21. The Labute approximate surface area is 226 Å². The molecule has 0 radical (unpaired) electrons. The molecule has 1 saturated carbocycles. The fourth-order valence-corrected chi connectivity index (χ4v) is 4.60. The van der Waals surface area contributed by atoms with Gasteiger partial charge < -0.3 is 24.1 Å². The maximum Gasteiger partial charge on any atom is 0.325 e. The zero-order valence-electron chi connectivity index (χ0n) is 22.5. The molecule has 0 bridgehead atoms. The van der Waals surface area contributed by atoms with E-state index in [0.717, 1.165) is 41.8 Å². The van der Waals surface area contributed by atoms with Crippen molar-refractivity contribution in [1.82, 2.24) is 30.4 Å². The van der Waals surface area contributed by atoms with Crippen LogP contribution in [-0.2, 0) is 25.7 Å². The molecule has 1 fully saturated rings. The predicted octanol–water partition coefficient (Wildman–Crippen LogP) is 2.83. The molecule has 208 valence electrons. The van der Waals surface area contributed by atoms with E-state index < -0.39 is 30.4 Å². The summed E-state index contributed by atoms with van der Waals surface area (Å²) in [4.78, 5) is 42.1. The number of carbonyl (C=O) groups is 3. The van der Waals surface area contributed by atoms with Crippen molar-refractivity contribution in [2.24, 2.45) is 0 Å². The highest BCUT2D eigenvalue weighted by Gasteiger charge is 2.37. The summed E-state index contributed by atoms with van der Waals surface area (Å²) >= 11 is 0. The molecule has 1 aromatic carbocycles. The van der Waals surface area contributed by atoms with Gasteiger partial charge in [0.2, 0.25) is 11.7 Å². The van der Waals surface area contributed by atoms with Crippen LogP contribution in [0.4, 0.5) is 0 Å². The van der Waals surface area contributed by atoms with Gasteiger partial charge in [-0.2, -0.15) is 4.80 Å². The lowest BCUT2D eigenvalue weighted by Gasteiger charge is -2.31. The second-order valence-electron chi connectivity index (χ2n) is 9.39. The molecule has 39 heavy (non-hydrogen) atoms. The van der Waals surface area contributed by atoms with Crippen LogP contribution in [0.2, 0.25) is 0 Å². The van der Waals surface area contributed by atoms with E-state index in [-0.39, 0.29) is 25.0 Å². The summed E-state index contributed by atoms with van der Waals surface area (Å²) in [6.45, 7) is 2.75. The molecule has 2 heterocycles. The summed E-state index contributed by atoms with van der Waals surface area (Å²) in [6.07, 6.45) is 4.89. The summed E-state index contributed by atoms with van der Waals surface area (Å²) in [5.41, 5.74) is 0.689. The van der Waals surface area contributed by atoms with E-state index in [9.17, 15) is 14.4 Å². The van der Waals surface area contributed by atoms with Crippen LogP contribution in [0.3, 0.4) is 0 Å². The third-order valence-corrected chi connectivity index (χ3v) is 6.55. The number of hydrogen-bond donors (Lipinski definition) is 1. The van der Waals surface area contributed by atoms with Crippen LogP contribution in [-0.4, -0.2) is 69.2 Å². The third-order valence-electron chi connectivity index (χ3n) is 6.55. The molecule has 4 rings (SSSR count). The standard InChI is InChI=1S/C27H34N6O6/c1-4-38-24(35)17-32(23(34)16-33-30-26(29-31-33)19-11-13-21(37-3)14-12-19)25(22-15-10-18(2)39-22)27(36)28-20-8-6-5-7-9-20/h10-15,20,25H,4-9,16-17H2,1-3H3,(H,28,36). The van der Waals surface area contributed by atoms with Crippen molar-refractivity contribution < 1.29 is 28.3 Å². The Hall–Kier alpha value is -4.22. The Morgan fingerprint density at radius 2 is 1.87 bits per heavy atom. The van der Waals surface area contributed by atoms with Crippen LogP contribution < -0.4 is 10.1 Å². The SMILES string of the molecule is CCOC(=O)CN(C(=O)Cn1nnc(-c2ccc(OC)cc2)n1)C(C(=O)NC1CCCCC1)c1ccc(C)o1. The van der Waals surface area contributed by atoms with E-state index in [0.29, 0.717) is 22.9 Å². The number of aromatic nitrogens is 4. The molecule has 2 amide bonds. The number of tetrazole rings is 1. The van der Waals surface area contributed by atoms with E-state index in [1.807, 2.05) is 0 Å². The number of rotatable bonds is 11. The topological polar surface area (TPSA) is 142 Å². The van der Waals surface area contributed by atoms with E-state index in [1.54, 1.807) is 57.4 Å². The molecule has 0 saturated heterocycles. The van der Waals surface area contributed by atoms with Gasteiger partial charge in [-0.25, -0.2) is 0 Å². The monoisotopic (exact) mass is 538 g/mol. The minimum Gasteiger partial charge on any atom is -0.497 e. The second kappa shape index (κ2) is 13.0. The first kappa shape index (κ1) is 27.8. The second-order valence-corrected chi connectivity index (χ2v) is 9.39. The number of aryl methyl sites for hydroxylation is 1. The van der Waals surface area contributed by atoms with Crippen molar-refractivity contribution in [2.45, 2.75) is 64.6 Å². The summed E-state index contributed by atoms with van der Waals surface area (Å²) in [5.74, 6) is 0.196.